The first kappa shape index (κ1) is 20.5. The summed E-state index contributed by atoms with van der Waals surface area (Å²) in [6.45, 7) is 5.52. The van der Waals surface area contributed by atoms with Crippen molar-refractivity contribution >= 4 is 11.9 Å². The van der Waals surface area contributed by atoms with Crippen molar-refractivity contribution in [3.05, 3.63) is 45.4 Å². The number of aryl methyl sites for hydroxylation is 3. The van der Waals surface area contributed by atoms with Gasteiger partial charge in [0.2, 0.25) is 11.9 Å². The number of piperidine rings is 1. The predicted octanol–water partition coefficient (Wildman–Crippen LogP) is 1.61. The Morgan fingerprint density at radius 3 is 2.77 bits per heavy atom. The van der Waals surface area contributed by atoms with E-state index in [1.165, 1.54) is 5.56 Å². The lowest BCUT2D eigenvalue weighted by atomic mass is 9.77. The molecule has 1 spiro atoms. The summed E-state index contributed by atoms with van der Waals surface area (Å²) in [4.78, 5) is 42.4. The second-order valence-electron chi connectivity index (χ2n) is 8.86. The van der Waals surface area contributed by atoms with Crippen LogP contribution in [0.15, 0.2) is 17.1 Å². The second-order valence-corrected chi connectivity index (χ2v) is 8.86. The van der Waals surface area contributed by atoms with Crippen molar-refractivity contribution in [2.75, 3.05) is 32.1 Å². The van der Waals surface area contributed by atoms with E-state index in [-0.39, 0.29) is 17.0 Å². The van der Waals surface area contributed by atoms with Crippen LogP contribution in [0.5, 0.6) is 0 Å². The summed E-state index contributed by atoms with van der Waals surface area (Å²) in [5.41, 5.74) is 3.52. The molecule has 0 bridgehead atoms. The quantitative estimate of drug-likeness (QED) is 0.762. The average molecular weight is 411 g/mol. The minimum Gasteiger partial charge on any atom is -0.347 e. The molecule has 2 aliphatic rings. The first-order valence-electron chi connectivity index (χ1n) is 10.7. The number of amides is 1. The third-order valence-corrected chi connectivity index (χ3v) is 6.45. The number of aromatic nitrogens is 4. The van der Waals surface area contributed by atoms with Gasteiger partial charge < -0.3 is 9.80 Å². The zero-order valence-electron chi connectivity index (χ0n) is 18.3. The molecule has 0 saturated carbocycles. The van der Waals surface area contributed by atoms with Gasteiger partial charge in [0.1, 0.15) is 0 Å². The number of hydrogen-bond acceptors (Lipinski definition) is 6. The van der Waals surface area contributed by atoms with Crippen molar-refractivity contribution in [3.8, 4) is 0 Å². The smallest absolute Gasteiger partial charge is 0.347 e. The van der Waals surface area contributed by atoms with Gasteiger partial charge in [-0.05, 0) is 51.2 Å². The normalized spacial score (nSPS) is 20.5. The molecule has 0 radical (unpaired) electrons. The van der Waals surface area contributed by atoms with E-state index in [0.29, 0.717) is 25.2 Å². The molecule has 1 aliphatic heterocycles. The molecule has 1 fully saturated rings. The molecule has 2 aromatic rings. The van der Waals surface area contributed by atoms with Crippen LogP contribution in [0.25, 0.3) is 0 Å². The molecular formula is C22H30N6O2. The molecule has 4 rings (SSSR count). The number of carbonyl (C=O) groups is 1. The maximum absolute atomic E-state index is 13.0. The molecule has 0 aromatic carbocycles. The summed E-state index contributed by atoms with van der Waals surface area (Å²) < 4.78 is 1.59. The van der Waals surface area contributed by atoms with Crippen LogP contribution in [0.4, 0.5) is 5.95 Å². The van der Waals surface area contributed by atoms with Gasteiger partial charge in [-0.3, -0.25) is 9.36 Å². The Balaban J connectivity index is 1.50. The zero-order chi connectivity index (χ0) is 21.5. The fraction of sp³-hybridized carbons (Fsp3) is 0.591. The topological polar surface area (TPSA) is 84.2 Å². The monoisotopic (exact) mass is 410 g/mol. The van der Waals surface area contributed by atoms with E-state index in [1.807, 2.05) is 50.0 Å². The van der Waals surface area contributed by atoms with Gasteiger partial charge in [0, 0.05) is 63.2 Å². The number of hydrogen-bond donors (Lipinski definition) is 0. The molecule has 8 heteroatoms. The summed E-state index contributed by atoms with van der Waals surface area (Å²) in [7, 11) is 3.90. The minimum absolute atomic E-state index is 0.0743. The fourth-order valence-corrected chi connectivity index (χ4v) is 4.90. The summed E-state index contributed by atoms with van der Waals surface area (Å²) >= 11 is 0. The predicted molar refractivity (Wildman–Crippen MR) is 115 cm³/mol. The molecular weight excluding hydrogens is 380 g/mol. The number of rotatable bonds is 4. The van der Waals surface area contributed by atoms with Crippen LogP contribution in [0, 0.1) is 13.8 Å². The van der Waals surface area contributed by atoms with Crippen LogP contribution in [-0.4, -0.2) is 57.5 Å². The summed E-state index contributed by atoms with van der Waals surface area (Å²) in [6.07, 6.45) is 6.26. The highest BCUT2D eigenvalue weighted by molar-refractivity contribution is 5.76. The molecule has 1 atom stereocenters. The minimum atomic E-state index is -0.284. The van der Waals surface area contributed by atoms with Gasteiger partial charge in [-0.2, -0.15) is 4.98 Å². The molecule has 1 unspecified atom stereocenters. The Morgan fingerprint density at radius 1 is 1.23 bits per heavy atom. The third kappa shape index (κ3) is 3.70. The lowest BCUT2D eigenvalue weighted by molar-refractivity contribution is -0.133. The van der Waals surface area contributed by atoms with Crippen molar-refractivity contribution in [1.29, 1.82) is 0 Å². The van der Waals surface area contributed by atoms with E-state index < -0.39 is 0 Å². The summed E-state index contributed by atoms with van der Waals surface area (Å²) in [6, 6.07) is 1.87. The highest BCUT2D eigenvalue weighted by Crippen LogP contribution is 2.44. The van der Waals surface area contributed by atoms with Crippen LogP contribution in [0.2, 0.25) is 0 Å². The lowest BCUT2D eigenvalue weighted by Gasteiger charge is -2.40. The average Bonchev–Trinajstić information content (AvgIpc) is 3.04. The van der Waals surface area contributed by atoms with Crippen molar-refractivity contribution in [2.24, 2.45) is 0 Å². The van der Waals surface area contributed by atoms with E-state index in [9.17, 15) is 9.59 Å². The highest BCUT2D eigenvalue weighted by atomic mass is 16.2. The van der Waals surface area contributed by atoms with Gasteiger partial charge in [0.05, 0.1) is 5.69 Å². The number of likely N-dealkylation sites (tertiary alicyclic amines) is 1. The largest absolute Gasteiger partial charge is 0.347 e. The van der Waals surface area contributed by atoms with Gasteiger partial charge in [-0.15, -0.1) is 0 Å². The van der Waals surface area contributed by atoms with Crippen LogP contribution < -0.4 is 10.6 Å². The fourth-order valence-electron chi connectivity index (χ4n) is 4.90. The molecule has 8 nitrogen and oxygen atoms in total. The SMILES string of the molecule is Cc1cc(C)n(CCC(=O)N2CCCC3(CCc4cnc(N(C)C)nc43)C2)c(=O)n1. The van der Waals surface area contributed by atoms with Crippen molar-refractivity contribution in [1.82, 2.24) is 24.4 Å². The maximum Gasteiger partial charge on any atom is 0.347 e. The molecule has 2 aromatic heterocycles. The molecule has 30 heavy (non-hydrogen) atoms. The molecule has 160 valence electrons. The second kappa shape index (κ2) is 7.81. The summed E-state index contributed by atoms with van der Waals surface area (Å²) in [5.74, 6) is 0.816. The standard InChI is InChI=1S/C22H30N6O2/c1-15-12-16(2)28(21(30)24-15)11-7-18(29)27-10-5-8-22(14-27)9-6-17-13-23-20(26(3)4)25-19(17)22/h12-13H,5-11,14H2,1-4H3. The number of nitrogens with zero attached hydrogens (tertiary/aromatic N) is 6. The Morgan fingerprint density at radius 2 is 2.03 bits per heavy atom. The zero-order valence-corrected chi connectivity index (χ0v) is 18.3. The van der Waals surface area contributed by atoms with Gasteiger partial charge in [-0.1, -0.05) is 0 Å². The number of anilines is 1. The van der Waals surface area contributed by atoms with E-state index in [2.05, 4.69) is 9.97 Å². The van der Waals surface area contributed by atoms with Gasteiger partial charge in [0.25, 0.3) is 0 Å². The van der Waals surface area contributed by atoms with Crippen LogP contribution in [0.3, 0.4) is 0 Å². The molecule has 0 N–H and O–H groups in total. The first-order valence-corrected chi connectivity index (χ1v) is 10.7. The Labute approximate surface area is 177 Å². The van der Waals surface area contributed by atoms with E-state index in [0.717, 1.165) is 49.6 Å². The van der Waals surface area contributed by atoms with E-state index >= 15 is 0 Å². The van der Waals surface area contributed by atoms with Crippen LogP contribution in [0.1, 0.15) is 48.3 Å². The van der Waals surface area contributed by atoms with Crippen molar-refractivity contribution < 1.29 is 4.79 Å². The Kier molecular flexibility index (Phi) is 5.34. The molecule has 1 aliphatic carbocycles. The lowest BCUT2D eigenvalue weighted by Crippen LogP contribution is -2.48. The number of fused-ring (bicyclic) bond motifs is 2. The highest BCUT2D eigenvalue weighted by Gasteiger charge is 2.44. The van der Waals surface area contributed by atoms with E-state index in [1.54, 1.807) is 4.57 Å². The third-order valence-electron chi connectivity index (χ3n) is 6.45. The Hall–Kier alpha value is -2.77. The maximum atomic E-state index is 13.0. The van der Waals surface area contributed by atoms with Gasteiger partial charge in [-0.25, -0.2) is 14.8 Å². The van der Waals surface area contributed by atoms with Crippen LogP contribution >= 0.6 is 0 Å². The van der Waals surface area contributed by atoms with Crippen LogP contribution in [-0.2, 0) is 23.2 Å². The van der Waals surface area contributed by atoms with Crippen molar-refractivity contribution in [3.63, 3.8) is 0 Å². The molecule has 1 amide bonds. The first-order chi connectivity index (χ1) is 14.3. The van der Waals surface area contributed by atoms with E-state index in [4.69, 9.17) is 4.98 Å². The molecule has 3 heterocycles. The Bertz CT molecular complexity index is 1030. The molecule has 1 saturated heterocycles. The van der Waals surface area contributed by atoms with Gasteiger partial charge >= 0.3 is 5.69 Å². The number of carbonyl (C=O) groups excluding carboxylic acids is 1. The van der Waals surface area contributed by atoms with Gasteiger partial charge in [0.15, 0.2) is 0 Å². The van der Waals surface area contributed by atoms with Crippen molar-refractivity contribution in [2.45, 2.75) is 57.9 Å². The summed E-state index contributed by atoms with van der Waals surface area (Å²) in [5, 5.41) is 0.